The summed E-state index contributed by atoms with van der Waals surface area (Å²) >= 11 is 1.43. The number of thiazole rings is 1. The van der Waals surface area contributed by atoms with E-state index in [0.29, 0.717) is 16.3 Å². The normalized spacial score (nSPS) is 10.7. The zero-order valence-electron chi connectivity index (χ0n) is 12.0. The number of rotatable bonds is 4. The van der Waals surface area contributed by atoms with E-state index in [-0.39, 0.29) is 13.2 Å². The lowest BCUT2D eigenvalue weighted by atomic mass is 10.2. The van der Waals surface area contributed by atoms with Crippen LogP contribution in [0.25, 0.3) is 20.8 Å². The largest absolute Gasteiger partial charge is 0.395 e. The molecule has 2 amide bonds. The lowest BCUT2D eigenvalue weighted by molar-refractivity contribution is 0.245. The van der Waals surface area contributed by atoms with Gasteiger partial charge in [-0.05, 0) is 30.3 Å². The highest BCUT2D eigenvalue weighted by atomic mass is 32.1. The molecular weight excluding hydrogens is 317 g/mol. The second-order valence-corrected chi connectivity index (χ2v) is 5.81. The number of amides is 2. The van der Waals surface area contributed by atoms with Gasteiger partial charge in [0.25, 0.3) is 0 Å². The van der Waals surface area contributed by atoms with Gasteiger partial charge in [0.15, 0.2) is 0 Å². The van der Waals surface area contributed by atoms with E-state index in [1.807, 2.05) is 24.3 Å². The Kier molecular flexibility index (Phi) is 4.50. The van der Waals surface area contributed by atoms with E-state index in [9.17, 15) is 9.18 Å². The Bertz CT molecular complexity index is 817. The van der Waals surface area contributed by atoms with Crippen LogP contribution in [0.3, 0.4) is 0 Å². The van der Waals surface area contributed by atoms with Gasteiger partial charge in [-0.25, -0.2) is 14.2 Å². The highest BCUT2D eigenvalue weighted by Gasteiger charge is 2.13. The fraction of sp³-hybridized carbons (Fsp3) is 0.125. The number of carbonyl (C=O) groups excluding carboxylic acids is 1. The summed E-state index contributed by atoms with van der Waals surface area (Å²) in [5.74, 6) is -0.402. The van der Waals surface area contributed by atoms with Crippen molar-refractivity contribution in [3.63, 3.8) is 0 Å². The predicted octanol–water partition coefficient (Wildman–Crippen LogP) is 3.22. The number of aromatic nitrogens is 1. The van der Waals surface area contributed by atoms with Crippen LogP contribution in [0.15, 0.2) is 42.5 Å². The summed E-state index contributed by atoms with van der Waals surface area (Å²) in [6.07, 6.45) is 0. The number of hydrogen-bond acceptors (Lipinski definition) is 4. The zero-order valence-corrected chi connectivity index (χ0v) is 12.9. The van der Waals surface area contributed by atoms with Gasteiger partial charge < -0.3 is 15.7 Å². The molecule has 23 heavy (non-hydrogen) atoms. The van der Waals surface area contributed by atoms with E-state index in [4.69, 9.17) is 5.11 Å². The fourth-order valence-corrected chi connectivity index (χ4v) is 3.12. The van der Waals surface area contributed by atoms with Gasteiger partial charge in [0.1, 0.15) is 10.8 Å². The van der Waals surface area contributed by atoms with Crippen LogP contribution in [-0.2, 0) is 0 Å². The van der Waals surface area contributed by atoms with Crippen molar-refractivity contribution < 1.29 is 14.3 Å². The van der Waals surface area contributed by atoms with Crippen molar-refractivity contribution in [3.05, 3.63) is 48.3 Å². The minimum atomic E-state index is -0.465. The molecule has 0 aliphatic carbocycles. The third-order valence-electron chi connectivity index (χ3n) is 3.15. The van der Waals surface area contributed by atoms with Crippen LogP contribution in [0, 0.1) is 5.82 Å². The number of halogens is 1. The van der Waals surface area contributed by atoms with Crippen LogP contribution in [0.4, 0.5) is 14.9 Å². The van der Waals surface area contributed by atoms with E-state index in [1.54, 1.807) is 0 Å². The molecule has 2 aromatic carbocycles. The SMILES string of the molecule is O=C(NCCO)Nc1ccc(F)cc1-c1nc2ccccc2s1. The van der Waals surface area contributed by atoms with Gasteiger partial charge in [-0.3, -0.25) is 0 Å². The van der Waals surface area contributed by atoms with Crippen molar-refractivity contribution in [2.24, 2.45) is 0 Å². The first-order valence-corrected chi connectivity index (χ1v) is 7.80. The molecule has 3 N–H and O–H groups in total. The van der Waals surface area contributed by atoms with Crippen molar-refractivity contribution in [2.75, 3.05) is 18.5 Å². The summed E-state index contributed by atoms with van der Waals surface area (Å²) in [6.45, 7) is -0.00887. The third-order valence-corrected chi connectivity index (χ3v) is 4.22. The van der Waals surface area contributed by atoms with Crippen LogP contribution in [-0.4, -0.2) is 29.3 Å². The molecule has 118 valence electrons. The first kappa shape index (κ1) is 15.4. The van der Waals surface area contributed by atoms with Crippen LogP contribution in [0.2, 0.25) is 0 Å². The Morgan fingerprint density at radius 1 is 1.26 bits per heavy atom. The monoisotopic (exact) mass is 331 g/mol. The number of carbonyl (C=O) groups is 1. The van der Waals surface area contributed by atoms with Gasteiger partial charge in [0.05, 0.1) is 22.5 Å². The maximum absolute atomic E-state index is 13.6. The zero-order chi connectivity index (χ0) is 16.2. The van der Waals surface area contributed by atoms with E-state index < -0.39 is 11.8 Å². The molecule has 0 aliphatic rings. The number of fused-ring (bicyclic) bond motifs is 1. The highest BCUT2D eigenvalue weighted by molar-refractivity contribution is 7.21. The van der Waals surface area contributed by atoms with Crippen molar-refractivity contribution >= 4 is 33.3 Å². The molecule has 1 aromatic heterocycles. The summed E-state index contributed by atoms with van der Waals surface area (Å²) in [5.41, 5.74) is 1.80. The molecule has 0 bridgehead atoms. The topological polar surface area (TPSA) is 74.2 Å². The van der Waals surface area contributed by atoms with Crippen molar-refractivity contribution in [1.82, 2.24) is 10.3 Å². The predicted molar refractivity (Wildman–Crippen MR) is 89.1 cm³/mol. The molecule has 3 rings (SSSR count). The number of nitrogens with zero attached hydrogens (tertiary/aromatic N) is 1. The summed E-state index contributed by atoms with van der Waals surface area (Å²) in [4.78, 5) is 16.3. The lowest BCUT2D eigenvalue weighted by Gasteiger charge is -2.10. The van der Waals surface area contributed by atoms with Gasteiger partial charge >= 0.3 is 6.03 Å². The van der Waals surface area contributed by atoms with E-state index in [1.165, 1.54) is 29.5 Å². The molecule has 5 nitrogen and oxygen atoms in total. The van der Waals surface area contributed by atoms with E-state index in [2.05, 4.69) is 15.6 Å². The first-order chi connectivity index (χ1) is 11.2. The molecule has 0 atom stereocenters. The smallest absolute Gasteiger partial charge is 0.319 e. The minimum Gasteiger partial charge on any atom is -0.395 e. The molecule has 0 radical (unpaired) electrons. The van der Waals surface area contributed by atoms with Crippen molar-refractivity contribution in [1.29, 1.82) is 0 Å². The van der Waals surface area contributed by atoms with Gasteiger partial charge in [-0.2, -0.15) is 0 Å². The second-order valence-electron chi connectivity index (χ2n) is 4.78. The standard InChI is InChI=1S/C16H14FN3O2S/c17-10-5-6-12(20-16(22)18-7-8-21)11(9-10)15-19-13-3-1-2-4-14(13)23-15/h1-6,9,21H,7-8H2,(H2,18,20,22). The number of benzene rings is 2. The molecule has 3 aromatic rings. The number of nitrogens with one attached hydrogen (secondary N) is 2. The Balaban J connectivity index is 1.97. The minimum absolute atomic E-state index is 0.142. The third kappa shape index (κ3) is 3.46. The Morgan fingerprint density at radius 3 is 2.87 bits per heavy atom. The van der Waals surface area contributed by atoms with Gasteiger partial charge in [-0.1, -0.05) is 12.1 Å². The van der Waals surface area contributed by atoms with Crippen LogP contribution < -0.4 is 10.6 Å². The van der Waals surface area contributed by atoms with Gasteiger partial charge in [-0.15, -0.1) is 11.3 Å². The molecule has 0 saturated heterocycles. The average molecular weight is 331 g/mol. The molecule has 0 unspecified atom stereocenters. The van der Waals surface area contributed by atoms with Crippen LogP contribution in [0.1, 0.15) is 0 Å². The van der Waals surface area contributed by atoms with Crippen LogP contribution in [0.5, 0.6) is 0 Å². The van der Waals surface area contributed by atoms with Gasteiger partial charge in [0.2, 0.25) is 0 Å². The first-order valence-electron chi connectivity index (χ1n) is 6.98. The molecule has 7 heteroatoms. The number of anilines is 1. The number of para-hydroxylation sites is 1. The summed E-state index contributed by atoms with van der Waals surface area (Å²) in [6, 6.07) is 11.3. The molecule has 1 heterocycles. The maximum Gasteiger partial charge on any atom is 0.319 e. The number of aliphatic hydroxyl groups is 1. The molecule has 0 saturated carbocycles. The number of aliphatic hydroxyl groups excluding tert-OH is 1. The van der Waals surface area contributed by atoms with E-state index in [0.717, 1.165) is 10.2 Å². The molecular formula is C16H14FN3O2S. The molecule has 0 spiro atoms. The highest BCUT2D eigenvalue weighted by Crippen LogP contribution is 2.34. The molecule has 0 aliphatic heterocycles. The number of hydrogen-bond donors (Lipinski definition) is 3. The van der Waals surface area contributed by atoms with E-state index >= 15 is 0 Å². The Labute approximate surface area is 135 Å². The van der Waals surface area contributed by atoms with Gasteiger partial charge in [0, 0.05) is 12.1 Å². The average Bonchev–Trinajstić information content (AvgIpc) is 2.98. The molecule has 0 fully saturated rings. The number of urea groups is 1. The van der Waals surface area contributed by atoms with Crippen LogP contribution >= 0.6 is 11.3 Å². The summed E-state index contributed by atoms with van der Waals surface area (Å²) < 4.78 is 14.6. The van der Waals surface area contributed by atoms with Crippen molar-refractivity contribution in [2.45, 2.75) is 0 Å². The Morgan fingerprint density at radius 2 is 2.09 bits per heavy atom. The lowest BCUT2D eigenvalue weighted by Crippen LogP contribution is -2.31. The quantitative estimate of drug-likeness (QED) is 0.687. The van der Waals surface area contributed by atoms with Crippen molar-refractivity contribution in [3.8, 4) is 10.6 Å². The maximum atomic E-state index is 13.6. The fourth-order valence-electron chi connectivity index (χ4n) is 2.13. The Hall–Kier alpha value is -2.51. The summed E-state index contributed by atoms with van der Waals surface area (Å²) in [5, 5.41) is 14.5. The second kappa shape index (κ2) is 6.72. The summed E-state index contributed by atoms with van der Waals surface area (Å²) in [7, 11) is 0.